The first-order chi connectivity index (χ1) is 11.5. The second kappa shape index (κ2) is 6.45. The molecule has 128 valence electrons. The molecule has 1 fully saturated rings. The number of anilines is 2. The summed E-state index contributed by atoms with van der Waals surface area (Å²) >= 11 is 0. The Hall–Kier alpha value is -2.66. The monoisotopic (exact) mass is 329 g/mol. The zero-order valence-corrected chi connectivity index (χ0v) is 13.7. The van der Waals surface area contributed by atoms with E-state index in [2.05, 4.69) is 36.9 Å². The van der Waals surface area contributed by atoms with Crippen molar-refractivity contribution in [2.24, 2.45) is 5.41 Å². The number of aliphatic hydroxyl groups is 1. The highest BCUT2D eigenvalue weighted by Gasteiger charge is 2.47. The Morgan fingerprint density at radius 1 is 1.50 bits per heavy atom. The second-order valence-corrected chi connectivity index (χ2v) is 6.62. The van der Waals surface area contributed by atoms with E-state index in [0.29, 0.717) is 30.3 Å². The van der Waals surface area contributed by atoms with Crippen LogP contribution in [0, 0.1) is 16.7 Å². The smallest absolute Gasteiger partial charge is 0.224 e. The minimum atomic E-state index is -0.338. The summed E-state index contributed by atoms with van der Waals surface area (Å²) in [6.45, 7) is 4.66. The van der Waals surface area contributed by atoms with Gasteiger partial charge in [-0.1, -0.05) is 13.8 Å². The van der Waals surface area contributed by atoms with Crippen LogP contribution < -0.4 is 10.6 Å². The summed E-state index contributed by atoms with van der Waals surface area (Å²) in [7, 11) is 0. The van der Waals surface area contributed by atoms with Crippen molar-refractivity contribution < 1.29 is 6.53 Å². The molecule has 0 aliphatic heterocycles. The molecule has 2 aromatic heterocycles. The van der Waals surface area contributed by atoms with E-state index in [-0.39, 0.29) is 19.0 Å². The Kier molecular flexibility index (Phi) is 4.36. The number of nitrogens with zero attached hydrogens (tertiary/aromatic N) is 4. The molecule has 2 aromatic rings. The molecule has 1 aliphatic carbocycles. The molecular formula is C16H23N7O. The first-order valence-corrected chi connectivity index (χ1v) is 7.94. The standard InChI is InChI=1S/C16H21N7O.H2/c1-16(2)12(5-13(16)24)22-14-11(6-17)9-19-15(23-14)18-4-3-10-7-20-21-8-10;/h7-9,12-13,24H,3-5H2,1-2H3,(H,20,21)(H2,18,19,22,23);1H/t12-,13+;/m1./s1. The van der Waals surface area contributed by atoms with E-state index in [9.17, 15) is 10.4 Å². The van der Waals surface area contributed by atoms with Gasteiger partial charge in [-0.05, 0) is 18.4 Å². The summed E-state index contributed by atoms with van der Waals surface area (Å²) in [5.74, 6) is 0.973. The Morgan fingerprint density at radius 3 is 2.96 bits per heavy atom. The quantitative estimate of drug-likeness (QED) is 0.634. The molecule has 0 saturated heterocycles. The van der Waals surface area contributed by atoms with Crippen molar-refractivity contribution in [3.05, 3.63) is 29.7 Å². The van der Waals surface area contributed by atoms with Crippen LogP contribution in [-0.4, -0.2) is 44.0 Å². The largest absolute Gasteiger partial charge is 0.392 e. The van der Waals surface area contributed by atoms with E-state index >= 15 is 0 Å². The molecule has 2 atom stereocenters. The van der Waals surface area contributed by atoms with E-state index < -0.39 is 0 Å². The van der Waals surface area contributed by atoms with Crippen molar-refractivity contribution in [3.8, 4) is 6.07 Å². The predicted octanol–water partition coefficient (Wildman–Crippen LogP) is 1.54. The lowest BCUT2D eigenvalue weighted by Crippen LogP contribution is -2.57. The molecule has 0 amide bonds. The molecule has 1 aliphatic rings. The molecule has 0 aromatic carbocycles. The fraction of sp³-hybridized carbons (Fsp3) is 0.500. The lowest BCUT2D eigenvalue weighted by molar-refractivity contribution is -0.0511. The van der Waals surface area contributed by atoms with Gasteiger partial charge in [0.15, 0.2) is 0 Å². The van der Waals surface area contributed by atoms with Gasteiger partial charge in [0.2, 0.25) is 5.95 Å². The first-order valence-electron chi connectivity index (χ1n) is 7.94. The summed E-state index contributed by atoms with van der Waals surface area (Å²) in [4.78, 5) is 8.59. The lowest BCUT2D eigenvalue weighted by atomic mass is 9.64. The molecule has 0 unspecified atom stereocenters. The molecular weight excluding hydrogens is 306 g/mol. The fourth-order valence-electron chi connectivity index (χ4n) is 2.70. The van der Waals surface area contributed by atoms with Gasteiger partial charge < -0.3 is 15.7 Å². The average molecular weight is 329 g/mol. The van der Waals surface area contributed by atoms with Gasteiger partial charge in [-0.2, -0.15) is 15.3 Å². The average Bonchev–Trinajstić information content (AvgIpc) is 3.08. The van der Waals surface area contributed by atoms with Gasteiger partial charge in [0.1, 0.15) is 17.5 Å². The van der Waals surface area contributed by atoms with Crippen LogP contribution in [-0.2, 0) is 6.42 Å². The first kappa shape index (κ1) is 16.2. The normalized spacial score (nSPS) is 21.6. The van der Waals surface area contributed by atoms with Gasteiger partial charge in [0.05, 0.1) is 18.5 Å². The molecule has 24 heavy (non-hydrogen) atoms. The van der Waals surface area contributed by atoms with Crippen molar-refractivity contribution in [1.82, 2.24) is 20.2 Å². The third-order valence-corrected chi connectivity index (χ3v) is 4.69. The lowest BCUT2D eigenvalue weighted by Gasteiger charge is -2.49. The van der Waals surface area contributed by atoms with Crippen LogP contribution in [0.4, 0.5) is 11.8 Å². The van der Waals surface area contributed by atoms with Crippen LogP contribution in [0.5, 0.6) is 0 Å². The SMILES string of the molecule is CC1(C)[C@@H](O)C[C@H]1Nc1nc(NCCc2cn[nH]c2)ncc1C#N.[HH]. The van der Waals surface area contributed by atoms with E-state index in [1.165, 1.54) is 6.20 Å². The van der Waals surface area contributed by atoms with Gasteiger partial charge in [0, 0.05) is 25.6 Å². The zero-order chi connectivity index (χ0) is 17.2. The number of aromatic amines is 1. The van der Waals surface area contributed by atoms with Crippen molar-refractivity contribution in [2.75, 3.05) is 17.2 Å². The highest BCUT2D eigenvalue weighted by atomic mass is 16.3. The Balaban J connectivity index is 0.00000225. The maximum Gasteiger partial charge on any atom is 0.224 e. The van der Waals surface area contributed by atoms with Crippen molar-refractivity contribution in [1.29, 1.82) is 5.26 Å². The molecule has 8 nitrogen and oxygen atoms in total. The van der Waals surface area contributed by atoms with Gasteiger partial charge in [-0.3, -0.25) is 5.10 Å². The van der Waals surface area contributed by atoms with Gasteiger partial charge in [-0.15, -0.1) is 0 Å². The molecule has 4 N–H and O–H groups in total. The second-order valence-electron chi connectivity index (χ2n) is 6.62. The summed E-state index contributed by atoms with van der Waals surface area (Å²) in [5, 5.41) is 32.2. The van der Waals surface area contributed by atoms with Crippen molar-refractivity contribution >= 4 is 11.8 Å². The number of H-pyrrole nitrogens is 1. The number of nitrogens with one attached hydrogen (secondary N) is 3. The van der Waals surface area contributed by atoms with E-state index in [0.717, 1.165) is 12.0 Å². The summed E-state index contributed by atoms with van der Waals surface area (Å²) in [5.41, 5.74) is 1.25. The van der Waals surface area contributed by atoms with Crippen LogP contribution in [0.1, 0.15) is 32.8 Å². The topological polar surface area (TPSA) is 123 Å². The van der Waals surface area contributed by atoms with Crippen LogP contribution in [0.3, 0.4) is 0 Å². The number of nitriles is 1. The molecule has 3 rings (SSSR count). The fourth-order valence-corrected chi connectivity index (χ4v) is 2.70. The van der Waals surface area contributed by atoms with E-state index in [1.54, 1.807) is 6.20 Å². The Labute approximate surface area is 141 Å². The third-order valence-electron chi connectivity index (χ3n) is 4.69. The number of hydrogen-bond donors (Lipinski definition) is 4. The maximum atomic E-state index is 9.85. The number of hydrogen-bond acceptors (Lipinski definition) is 7. The molecule has 0 radical (unpaired) electrons. The third kappa shape index (κ3) is 3.16. The Morgan fingerprint density at radius 2 is 2.33 bits per heavy atom. The maximum absolute atomic E-state index is 9.85. The van der Waals surface area contributed by atoms with E-state index in [4.69, 9.17) is 0 Å². The zero-order valence-electron chi connectivity index (χ0n) is 13.7. The number of aliphatic hydroxyl groups excluding tert-OH is 1. The van der Waals surface area contributed by atoms with Gasteiger partial charge >= 0.3 is 0 Å². The predicted molar refractivity (Wildman–Crippen MR) is 91.5 cm³/mol. The minimum absolute atomic E-state index is 0. The van der Waals surface area contributed by atoms with Crippen LogP contribution in [0.15, 0.2) is 18.6 Å². The van der Waals surface area contributed by atoms with Crippen LogP contribution in [0.25, 0.3) is 0 Å². The summed E-state index contributed by atoms with van der Waals surface area (Å²) in [6.07, 6.45) is 6.24. The van der Waals surface area contributed by atoms with Crippen molar-refractivity contribution in [3.63, 3.8) is 0 Å². The van der Waals surface area contributed by atoms with Crippen molar-refractivity contribution in [2.45, 2.75) is 38.8 Å². The molecule has 1 saturated carbocycles. The summed E-state index contributed by atoms with van der Waals surface area (Å²) in [6, 6.07) is 2.18. The number of rotatable bonds is 6. The molecule has 0 bridgehead atoms. The van der Waals surface area contributed by atoms with E-state index in [1.807, 2.05) is 20.0 Å². The molecule has 2 heterocycles. The molecule has 0 spiro atoms. The molecule has 8 heteroatoms. The van der Waals surface area contributed by atoms with Crippen LogP contribution >= 0.6 is 0 Å². The Bertz CT molecular complexity index is 741. The number of aromatic nitrogens is 4. The van der Waals surface area contributed by atoms with Gasteiger partial charge in [0.25, 0.3) is 0 Å². The highest BCUT2D eigenvalue weighted by Crippen LogP contribution is 2.42. The van der Waals surface area contributed by atoms with Gasteiger partial charge in [-0.25, -0.2) is 4.98 Å². The van der Waals surface area contributed by atoms with Crippen LogP contribution in [0.2, 0.25) is 0 Å². The summed E-state index contributed by atoms with van der Waals surface area (Å²) < 4.78 is 0. The minimum Gasteiger partial charge on any atom is -0.392 e. The highest BCUT2D eigenvalue weighted by molar-refractivity contribution is 5.54.